The maximum atomic E-state index is 14.1. The first-order valence-electron chi connectivity index (χ1n) is 23.2. The van der Waals surface area contributed by atoms with Crippen LogP contribution in [0, 0.1) is 5.92 Å². The van der Waals surface area contributed by atoms with Crippen LogP contribution in [0.5, 0.6) is 11.5 Å². The van der Waals surface area contributed by atoms with Crippen molar-refractivity contribution in [1.82, 2.24) is 5.32 Å². The van der Waals surface area contributed by atoms with E-state index in [1.807, 2.05) is 96.9 Å². The summed E-state index contributed by atoms with van der Waals surface area (Å²) < 4.78 is 54.7. The molecule has 8 unspecified atom stereocenters. The van der Waals surface area contributed by atoms with Gasteiger partial charge in [0.05, 0.1) is 49.3 Å². The topological polar surface area (TPSA) is 213 Å². The molecule has 2 saturated heterocycles. The Morgan fingerprint density at radius 2 is 1.31 bits per heavy atom. The number of rotatable bonds is 22. The first kappa shape index (κ1) is 56.0. The molecule has 0 radical (unpaired) electrons. The van der Waals surface area contributed by atoms with E-state index in [4.69, 9.17) is 42.6 Å². The Morgan fingerprint density at radius 3 is 1.88 bits per heavy atom. The summed E-state index contributed by atoms with van der Waals surface area (Å²) in [6, 6.07) is 12.9. The number of aliphatic hydroxyl groups is 4. The standard InChI is InChI=1S/C50H80N2O15/c1-28(2)48(7,8)67-39-35(53)37(55)43(63-41(39)45(57)51-23-22-30-20-21-33(59-15)34(25-30)60-16)49(9,10)62-27-47(5,6)66-40-36(54)38(56)44(50(11,12)65-29(3)4)64-42(40)46(58)61-26-31-18-17-19-32(24-31)52(13)14/h17-21,24-25,28-29,35-44,53-56H,22-23,26-27H2,1-16H3,(H,51,57)/t35?,36?,37?,38?,39-,40-,41?,42?,43?,44?/m0/s1. The Balaban J connectivity index is 1.55. The molecule has 380 valence electrons. The molecule has 0 bridgehead atoms. The highest BCUT2D eigenvalue weighted by atomic mass is 16.6. The van der Waals surface area contributed by atoms with Crippen LogP contribution in [-0.2, 0) is 55.8 Å². The average Bonchev–Trinajstić information content (AvgIpc) is 3.24. The van der Waals surface area contributed by atoms with Crippen molar-refractivity contribution in [1.29, 1.82) is 0 Å². The first-order chi connectivity index (χ1) is 31.0. The molecule has 10 atom stereocenters. The second-order valence-corrected chi connectivity index (χ2v) is 20.7. The number of hydrogen-bond donors (Lipinski definition) is 5. The highest BCUT2D eigenvalue weighted by Crippen LogP contribution is 2.38. The second-order valence-electron chi connectivity index (χ2n) is 20.7. The van der Waals surface area contributed by atoms with Gasteiger partial charge in [-0.15, -0.1) is 0 Å². The fraction of sp³-hybridized carbons (Fsp3) is 0.720. The predicted molar refractivity (Wildman–Crippen MR) is 251 cm³/mol. The van der Waals surface area contributed by atoms with Crippen molar-refractivity contribution in [2.45, 2.75) is 186 Å². The molecule has 17 heteroatoms. The molecule has 1 amide bonds. The van der Waals surface area contributed by atoms with Gasteiger partial charge in [0.15, 0.2) is 23.7 Å². The number of carbonyl (C=O) groups excluding carboxylic acids is 2. The summed E-state index contributed by atoms with van der Waals surface area (Å²) in [4.78, 5) is 30.0. The highest BCUT2D eigenvalue weighted by Gasteiger charge is 2.57. The SMILES string of the molecule is COc1ccc(CCNC(=O)C2OC(C(C)(C)OCC(C)(C)O[C@@H]3C(C(=O)OCc4cccc(N(C)C)c4)OC(C(C)(C)OC(C)C)C(O)C3O)C(O)C(O)[C@@H]2OC(C)(C)C(C)C)cc1OC. The first-order valence-corrected chi connectivity index (χ1v) is 23.2. The summed E-state index contributed by atoms with van der Waals surface area (Å²) in [6.45, 7) is 21.1. The Hall–Kier alpha value is -3.62. The normalized spacial score (nSPS) is 26.4. The molecular formula is C50H80N2O15. The molecule has 0 saturated carbocycles. The quantitative estimate of drug-likeness (QED) is 0.105. The molecule has 0 aromatic heterocycles. The van der Waals surface area contributed by atoms with Gasteiger partial charge in [0, 0.05) is 26.3 Å². The number of methoxy groups -OCH3 is 2. The molecule has 17 nitrogen and oxygen atoms in total. The third-order valence-electron chi connectivity index (χ3n) is 12.6. The molecule has 5 N–H and O–H groups in total. The summed E-state index contributed by atoms with van der Waals surface area (Å²) in [7, 11) is 6.90. The van der Waals surface area contributed by atoms with Gasteiger partial charge in [0.2, 0.25) is 0 Å². The van der Waals surface area contributed by atoms with E-state index in [9.17, 15) is 30.0 Å². The number of nitrogens with one attached hydrogen (secondary N) is 1. The van der Waals surface area contributed by atoms with E-state index < -0.39 is 95.3 Å². The van der Waals surface area contributed by atoms with Gasteiger partial charge in [-0.05, 0) is 117 Å². The molecule has 2 aromatic carbocycles. The number of benzene rings is 2. The van der Waals surface area contributed by atoms with Crippen LogP contribution in [0.25, 0.3) is 0 Å². The van der Waals surface area contributed by atoms with Crippen molar-refractivity contribution in [2.75, 3.05) is 46.4 Å². The fourth-order valence-electron chi connectivity index (χ4n) is 8.18. The second kappa shape index (κ2) is 22.9. The van der Waals surface area contributed by atoms with Crippen LogP contribution >= 0.6 is 0 Å². The van der Waals surface area contributed by atoms with Gasteiger partial charge < -0.3 is 73.3 Å². The lowest BCUT2D eigenvalue weighted by atomic mass is 9.85. The molecule has 67 heavy (non-hydrogen) atoms. The minimum atomic E-state index is -1.65. The number of anilines is 1. The van der Waals surface area contributed by atoms with E-state index in [0.29, 0.717) is 17.9 Å². The lowest BCUT2D eigenvalue weighted by molar-refractivity contribution is -0.304. The van der Waals surface area contributed by atoms with Crippen LogP contribution in [-0.4, -0.2) is 163 Å². The van der Waals surface area contributed by atoms with Gasteiger partial charge in [-0.1, -0.05) is 32.0 Å². The van der Waals surface area contributed by atoms with E-state index in [-0.39, 0.29) is 31.8 Å². The lowest BCUT2D eigenvalue weighted by Gasteiger charge is -2.50. The van der Waals surface area contributed by atoms with Crippen molar-refractivity contribution in [2.24, 2.45) is 5.92 Å². The molecule has 0 aliphatic carbocycles. The number of esters is 1. The molecule has 2 aliphatic heterocycles. The van der Waals surface area contributed by atoms with Crippen LogP contribution in [0.1, 0.15) is 94.2 Å². The summed E-state index contributed by atoms with van der Waals surface area (Å²) in [5.41, 5.74) is -2.19. The molecule has 0 spiro atoms. The van der Waals surface area contributed by atoms with Crippen molar-refractivity contribution < 1.29 is 72.6 Å². The summed E-state index contributed by atoms with van der Waals surface area (Å²) in [6.07, 6.45) is -14.2. The van der Waals surface area contributed by atoms with Crippen LogP contribution in [0.3, 0.4) is 0 Å². The number of hydrogen-bond acceptors (Lipinski definition) is 16. The molecule has 4 rings (SSSR count). The van der Waals surface area contributed by atoms with Crippen molar-refractivity contribution in [3.8, 4) is 11.5 Å². The Bertz CT molecular complexity index is 1920. The van der Waals surface area contributed by atoms with E-state index in [1.165, 1.54) is 0 Å². The van der Waals surface area contributed by atoms with Crippen LogP contribution in [0.15, 0.2) is 42.5 Å². The predicted octanol–water partition coefficient (Wildman–Crippen LogP) is 4.13. The minimum Gasteiger partial charge on any atom is -0.493 e. The maximum absolute atomic E-state index is 14.1. The van der Waals surface area contributed by atoms with E-state index in [2.05, 4.69) is 5.32 Å². The van der Waals surface area contributed by atoms with Gasteiger partial charge in [-0.3, -0.25) is 4.79 Å². The number of carbonyl (C=O) groups is 2. The number of aliphatic hydroxyl groups excluding tert-OH is 4. The number of amides is 1. The van der Waals surface area contributed by atoms with Crippen LogP contribution < -0.4 is 19.7 Å². The molecular weight excluding hydrogens is 869 g/mol. The zero-order valence-electron chi connectivity index (χ0n) is 42.5. The van der Waals surface area contributed by atoms with Gasteiger partial charge >= 0.3 is 5.97 Å². The van der Waals surface area contributed by atoms with Crippen LogP contribution in [0.2, 0.25) is 0 Å². The van der Waals surface area contributed by atoms with Gasteiger partial charge in [-0.2, -0.15) is 0 Å². The van der Waals surface area contributed by atoms with E-state index >= 15 is 0 Å². The number of nitrogens with zero attached hydrogens (tertiary/aromatic N) is 1. The van der Waals surface area contributed by atoms with Gasteiger partial charge in [0.1, 0.15) is 55.4 Å². The fourth-order valence-corrected chi connectivity index (χ4v) is 8.18. The molecule has 2 aliphatic rings. The smallest absolute Gasteiger partial charge is 0.338 e. The lowest BCUT2D eigenvalue weighted by Crippen LogP contribution is -2.68. The third-order valence-corrected chi connectivity index (χ3v) is 12.6. The monoisotopic (exact) mass is 949 g/mol. The largest absolute Gasteiger partial charge is 0.493 e. The Morgan fingerprint density at radius 1 is 0.731 bits per heavy atom. The molecule has 2 fully saturated rings. The van der Waals surface area contributed by atoms with Gasteiger partial charge in [-0.25, -0.2) is 4.79 Å². The Kier molecular flexibility index (Phi) is 19.1. The van der Waals surface area contributed by atoms with Crippen molar-refractivity contribution in [3.63, 3.8) is 0 Å². The van der Waals surface area contributed by atoms with Crippen molar-refractivity contribution in [3.05, 3.63) is 53.6 Å². The summed E-state index contributed by atoms with van der Waals surface area (Å²) in [5.74, 6) is -0.301. The minimum absolute atomic E-state index is 0.0353. The average molecular weight is 949 g/mol. The number of ether oxygens (including phenoxy) is 9. The summed E-state index contributed by atoms with van der Waals surface area (Å²) >= 11 is 0. The zero-order valence-corrected chi connectivity index (χ0v) is 42.5. The highest BCUT2D eigenvalue weighted by molar-refractivity contribution is 5.82. The molecule has 2 heterocycles. The van der Waals surface area contributed by atoms with Gasteiger partial charge in [0.25, 0.3) is 5.91 Å². The van der Waals surface area contributed by atoms with Crippen LogP contribution in [0.4, 0.5) is 5.69 Å². The van der Waals surface area contributed by atoms with Crippen molar-refractivity contribution >= 4 is 17.6 Å². The van der Waals surface area contributed by atoms with E-state index in [1.54, 1.807) is 61.8 Å². The molecule has 2 aromatic rings. The summed E-state index contributed by atoms with van der Waals surface area (Å²) in [5, 5.41) is 49.6. The van der Waals surface area contributed by atoms with E-state index in [0.717, 1.165) is 16.8 Å². The zero-order chi connectivity index (χ0) is 50.4. The third kappa shape index (κ3) is 14.2. The Labute approximate surface area is 397 Å². The maximum Gasteiger partial charge on any atom is 0.338 e.